The van der Waals surface area contributed by atoms with Gasteiger partial charge in [-0.2, -0.15) is 0 Å². The van der Waals surface area contributed by atoms with Gasteiger partial charge < -0.3 is 10.2 Å². The van der Waals surface area contributed by atoms with Crippen molar-refractivity contribution < 1.29 is 14.4 Å². The highest BCUT2D eigenvalue weighted by Gasteiger charge is 2.38. The number of para-hydroxylation sites is 1. The van der Waals surface area contributed by atoms with E-state index in [1.165, 1.54) is 0 Å². The number of halogens is 1. The Morgan fingerprint density at radius 3 is 2.27 bits per heavy atom. The minimum Gasteiger partial charge on any atom is -0.350 e. The summed E-state index contributed by atoms with van der Waals surface area (Å²) in [5, 5.41) is 2.77. The number of carbonyl (C=O) groups is 3. The zero-order valence-corrected chi connectivity index (χ0v) is 17.2. The van der Waals surface area contributed by atoms with Crippen LogP contribution in [0.15, 0.2) is 65.3 Å². The van der Waals surface area contributed by atoms with Gasteiger partial charge in [0.25, 0.3) is 17.7 Å². The molecule has 0 radical (unpaired) electrons. The van der Waals surface area contributed by atoms with E-state index in [4.69, 9.17) is 11.6 Å². The third kappa shape index (κ3) is 3.96. The summed E-state index contributed by atoms with van der Waals surface area (Å²) in [5.41, 5.74) is 1.52. The minimum absolute atomic E-state index is 0.00453. The third-order valence-corrected chi connectivity index (χ3v) is 5.66. The number of benzene rings is 2. The van der Waals surface area contributed by atoms with Gasteiger partial charge in [0.15, 0.2) is 0 Å². The lowest BCUT2D eigenvalue weighted by Crippen LogP contribution is -2.32. The van der Waals surface area contributed by atoms with E-state index in [1.54, 1.807) is 54.6 Å². The maximum Gasteiger partial charge on any atom is 0.283 e. The Labute approximate surface area is 180 Å². The van der Waals surface area contributed by atoms with Gasteiger partial charge >= 0.3 is 0 Å². The van der Waals surface area contributed by atoms with Crippen molar-refractivity contribution >= 4 is 40.7 Å². The molecule has 30 heavy (non-hydrogen) atoms. The second-order valence-electron chi connectivity index (χ2n) is 7.38. The van der Waals surface area contributed by atoms with Crippen molar-refractivity contribution in [2.45, 2.75) is 25.7 Å². The maximum atomic E-state index is 12.9. The second kappa shape index (κ2) is 8.71. The van der Waals surface area contributed by atoms with E-state index in [-0.39, 0.29) is 16.6 Å². The third-order valence-electron chi connectivity index (χ3n) is 5.31. The van der Waals surface area contributed by atoms with Crippen LogP contribution in [0.3, 0.4) is 0 Å². The number of anilines is 2. The first-order chi connectivity index (χ1) is 14.6. The topological polar surface area (TPSA) is 69.7 Å². The lowest BCUT2D eigenvalue weighted by Gasteiger charge is -2.20. The van der Waals surface area contributed by atoms with Crippen molar-refractivity contribution in [3.05, 3.63) is 70.9 Å². The highest BCUT2D eigenvalue weighted by atomic mass is 35.5. The first kappa shape index (κ1) is 20.2. The van der Waals surface area contributed by atoms with E-state index in [2.05, 4.69) is 5.32 Å². The van der Waals surface area contributed by atoms with Crippen LogP contribution in [-0.2, 0) is 9.59 Å². The lowest BCUT2D eigenvalue weighted by molar-refractivity contribution is -0.120. The largest absolute Gasteiger partial charge is 0.350 e. The molecule has 1 N–H and O–H groups in total. The van der Waals surface area contributed by atoms with E-state index in [9.17, 15) is 14.4 Å². The van der Waals surface area contributed by atoms with Crippen molar-refractivity contribution in [3.63, 3.8) is 0 Å². The fourth-order valence-corrected chi connectivity index (χ4v) is 3.97. The normalized spacial score (nSPS) is 17.4. The van der Waals surface area contributed by atoms with E-state index in [1.807, 2.05) is 4.90 Å². The van der Waals surface area contributed by atoms with Crippen LogP contribution in [-0.4, -0.2) is 35.7 Å². The van der Waals surface area contributed by atoms with Crippen LogP contribution in [0.2, 0.25) is 0 Å². The van der Waals surface area contributed by atoms with Gasteiger partial charge in [-0.15, -0.1) is 0 Å². The number of rotatable bonds is 4. The van der Waals surface area contributed by atoms with E-state index >= 15 is 0 Å². The minimum atomic E-state index is -0.577. The number of imide groups is 1. The Morgan fingerprint density at radius 1 is 0.867 bits per heavy atom. The summed E-state index contributed by atoms with van der Waals surface area (Å²) in [5.74, 6) is -1.13. The first-order valence-corrected chi connectivity index (χ1v) is 10.4. The van der Waals surface area contributed by atoms with Gasteiger partial charge in [-0.1, -0.05) is 48.7 Å². The number of hydrogen-bond acceptors (Lipinski definition) is 4. The molecule has 0 unspecified atom stereocenters. The van der Waals surface area contributed by atoms with Crippen molar-refractivity contribution in [2.24, 2.45) is 0 Å². The highest BCUT2D eigenvalue weighted by Crippen LogP contribution is 2.30. The van der Waals surface area contributed by atoms with Crippen LogP contribution in [0.25, 0.3) is 0 Å². The quantitative estimate of drug-likeness (QED) is 0.750. The molecule has 2 aliphatic heterocycles. The Kier molecular flexibility index (Phi) is 5.86. The molecular weight excluding hydrogens is 402 g/mol. The maximum absolute atomic E-state index is 12.9. The summed E-state index contributed by atoms with van der Waals surface area (Å²) in [4.78, 5) is 41.2. The molecule has 154 valence electrons. The van der Waals surface area contributed by atoms with Crippen LogP contribution < -0.4 is 10.2 Å². The Hall–Kier alpha value is -3.12. The van der Waals surface area contributed by atoms with Gasteiger partial charge in [-0.3, -0.25) is 14.4 Å². The van der Waals surface area contributed by atoms with Crippen LogP contribution in [0.1, 0.15) is 36.0 Å². The number of hydrogen-bond donors (Lipinski definition) is 1. The number of nitrogens with one attached hydrogen (secondary N) is 1. The van der Waals surface area contributed by atoms with Gasteiger partial charge in [0.05, 0.1) is 5.69 Å². The molecule has 3 amide bonds. The highest BCUT2D eigenvalue weighted by molar-refractivity contribution is 6.53. The molecule has 1 fully saturated rings. The first-order valence-electron chi connectivity index (χ1n) is 10.1. The molecule has 0 bridgehead atoms. The van der Waals surface area contributed by atoms with Crippen LogP contribution in [0.4, 0.5) is 11.4 Å². The number of carbonyl (C=O) groups excluding carboxylic acids is 3. The molecule has 0 saturated carbocycles. The summed E-state index contributed by atoms with van der Waals surface area (Å²) >= 11 is 6.19. The monoisotopic (exact) mass is 423 g/mol. The molecule has 0 aliphatic carbocycles. The smallest absolute Gasteiger partial charge is 0.283 e. The molecule has 2 heterocycles. The average Bonchev–Trinajstić information content (AvgIpc) is 2.97. The molecule has 0 aromatic heterocycles. The molecule has 0 spiro atoms. The fraction of sp³-hybridized carbons (Fsp3) is 0.261. The van der Waals surface area contributed by atoms with Gasteiger partial charge in [0.2, 0.25) is 0 Å². The molecule has 4 rings (SSSR count). The van der Waals surface area contributed by atoms with Gasteiger partial charge in [0.1, 0.15) is 10.7 Å². The molecule has 7 heteroatoms. The van der Waals surface area contributed by atoms with Crippen LogP contribution >= 0.6 is 11.6 Å². The summed E-state index contributed by atoms with van der Waals surface area (Å²) < 4.78 is 0. The summed E-state index contributed by atoms with van der Waals surface area (Å²) in [6.07, 6.45) is 4.31. The Balaban J connectivity index is 1.54. The van der Waals surface area contributed by atoms with Gasteiger partial charge in [0, 0.05) is 24.3 Å². The molecular formula is C23H22ClN3O3. The van der Waals surface area contributed by atoms with Crippen molar-refractivity contribution in [1.29, 1.82) is 0 Å². The second-order valence-corrected chi connectivity index (χ2v) is 7.76. The number of likely N-dealkylation sites (tertiary alicyclic amines) is 1. The Bertz CT molecular complexity index is 1010. The summed E-state index contributed by atoms with van der Waals surface area (Å²) in [6, 6.07) is 15.6. The summed E-state index contributed by atoms with van der Waals surface area (Å²) in [7, 11) is 0. The molecule has 2 aromatic carbocycles. The summed E-state index contributed by atoms with van der Waals surface area (Å²) in [6.45, 7) is 1.51. The SMILES string of the molecule is O=C(c1cccc(NC2=C(Cl)C(=O)N(c3ccccc3)C2=O)c1)N1CCCCCC1. The van der Waals surface area contributed by atoms with E-state index < -0.39 is 11.8 Å². The molecule has 2 aromatic rings. The predicted octanol–water partition coefficient (Wildman–Crippen LogP) is 4.14. The van der Waals surface area contributed by atoms with Crippen molar-refractivity contribution in [3.8, 4) is 0 Å². The molecule has 6 nitrogen and oxygen atoms in total. The Morgan fingerprint density at radius 2 is 1.57 bits per heavy atom. The number of amides is 3. The molecule has 0 atom stereocenters. The van der Waals surface area contributed by atoms with Gasteiger partial charge in [-0.05, 0) is 43.2 Å². The van der Waals surface area contributed by atoms with Gasteiger partial charge in [-0.25, -0.2) is 4.90 Å². The fourth-order valence-electron chi connectivity index (χ4n) is 3.75. The number of nitrogens with zero attached hydrogens (tertiary/aromatic N) is 2. The zero-order valence-electron chi connectivity index (χ0n) is 16.4. The van der Waals surface area contributed by atoms with Crippen molar-refractivity contribution in [1.82, 2.24) is 4.90 Å². The van der Waals surface area contributed by atoms with Crippen LogP contribution in [0.5, 0.6) is 0 Å². The average molecular weight is 424 g/mol. The van der Waals surface area contributed by atoms with Crippen molar-refractivity contribution in [2.75, 3.05) is 23.3 Å². The molecule has 1 saturated heterocycles. The predicted molar refractivity (Wildman–Crippen MR) is 116 cm³/mol. The lowest BCUT2D eigenvalue weighted by atomic mass is 10.1. The van der Waals surface area contributed by atoms with E-state index in [0.717, 1.165) is 43.7 Å². The molecule has 2 aliphatic rings. The van der Waals surface area contributed by atoms with Crippen LogP contribution in [0, 0.1) is 0 Å². The zero-order chi connectivity index (χ0) is 21.1. The van der Waals surface area contributed by atoms with E-state index in [0.29, 0.717) is 16.9 Å². The standard InChI is InChI=1S/C23H22ClN3O3/c24-19-20(23(30)27(22(19)29)18-11-4-3-5-12-18)25-17-10-8-9-16(15-17)21(28)26-13-6-1-2-7-14-26/h3-5,8-12,15,25H,1-2,6-7,13-14H2.